The fourth-order valence-corrected chi connectivity index (χ4v) is 3.26. The number of amides is 2. The van der Waals surface area contributed by atoms with Gasteiger partial charge in [-0.25, -0.2) is 0 Å². The summed E-state index contributed by atoms with van der Waals surface area (Å²) in [4.78, 5) is 29.1. The highest BCUT2D eigenvalue weighted by molar-refractivity contribution is 5.98. The van der Waals surface area contributed by atoms with Gasteiger partial charge in [0.1, 0.15) is 0 Å². The summed E-state index contributed by atoms with van der Waals surface area (Å²) in [6.45, 7) is 9.54. The average Bonchev–Trinajstić information content (AvgIpc) is 3.51. The summed E-state index contributed by atoms with van der Waals surface area (Å²) in [7, 11) is 0. The molecule has 0 bridgehead atoms. The van der Waals surface area contributed by atoms with Crippen LogP contribution in [0.5, 0.6) is 0 Å². The maximum atomic E-state index is 12.3. The second kappa shape index (κ2) is 9.14. The highest BCUT2D eigenvalue weighted by Crippen LogP contribution is 2.30. The molecule has 6 nitrogen and oxygen atoms in total. The molecule has 1 aromatic rings. The molecule has 2 fully saturated rings. The van der Waals surface area contributed by atoms with Crippen LogP contribution in [0.1, 0.15) is 36.5 Å². The van der Waals surface area contributed by atoms with Gasteiger partial charge in [-0.3, -0.25) is 9.59 Å². The monoisotopic (exact) mass is 358 g/mol. The Bertz CT molecular complexity index is 622. The third-order valence-corrected chi connectivity index (χ3v) is 5.19. The van der Waals surface area contributed by atoms with E-state index < -0.39 is 0 Å². The summed E-state index contributed by atoms with van der Waals surface area (Å²) in [5.41, 5.74) is 1.29. The van der Waals surface area contributed by atoms with Gasteiger partial charge in [-0.2, -0.15) is 0 Å². The van der Waals surface area contributed by atoms with Crippen molar-refractivity contribution in [1.82, 2.24) is 15.1 Å². The van der Waals surface area contributed by atoms with Gasteiger partial charge in [0.25, 0.3) is 5.91 Å². The van der Waals surface area contributed by atoms with E-state index in [1.165, 1.54) is 0 Å². The van der Waals surface area contributed by atoms with Crippen LogP contribution in [0.3, 0.4) is 0 Å². The predicted octanol–water partition coefficient (Wildman–Crippen LogP) is 1.79. The summed E-state index contributed by atoms with van der Waals surface area (Å²) in [6, 6.07) is 7.17. The van der Waals surface area contributed by atoms with Gasteiger partial charge >= 0.3 is 0 Å². The smallest absolute Gasteiger partial charge is 0.251 e. The Balaban J connectivity index is 1.37. The number of likely N-dealkylation sites (N-methyl/N-ethyl adjacent to an activating group) is 1. The van der Waals surface area contributed by atoms with Crippen LogP contribution in [0.2, 0.25) is 0 Å². The molecule has 1 aliphatic carbocycles. The number of hydrogen-bond acceptors (Lipinski definition) is 4. The van der Waals surface area contributed by atoms with Crippen molar-refractivity contribution in [3.63, 3.8) is 0 Å². The minimum Gasteiger partial charge on any atom is -0.352 e. The van der Waals surface area contributed by atoms with Crippen molar-refractivity contribution in [1.29, 1.82) is 0 Å². The van der Waals surface area contributed by atoms with Crippen LogP contribution < -0.4 is 10.6 Å². The maximum absolute atomic E-state index is 12.3. The van der Waals surface area contributed by atoms with Crippen molar-refractivity contribution in [2.45, 2.75) is 26.2 Å². The molecule has 2 amide bonds. The van der Waals surface area contributed by atoms with Crippen molar-refractivity contribution in [3.8, 4) is 0 Å². The van der Waals surface area contributed by atoms with Gasteiger partial charge in [-0.1, -0.05) is 13.0 Å². The molecule has 26 heavy (non-hydrogen) atoms. The molecule has 0 aromatic heterocycles. The number of anilines is 1. The molecule has 0 spiro atoms. The number of hydrogen-bond donors (Lipinski definition) is 2. The lowest BCUT2D eigenvalue weighted by molar-refractivity contribution is -0.117. The van der Waals surface area contributed by atoms with E-state index in [0.29, 0.717) is 17.8 Å². The molecule has 3 rings (SSSR count). The minimum absolute atomic E-state index is 0.0609. The Morgan fingerprint density at radius 3 is 2.54 bits per heavy atom. The average molecular weight is 358 g/mol. The summed E-state index contributed by atoms with van der Waals surface area (Å²) in [5, 5.41) is 5.87. The first-order chi connectivity index (χ1) is 12.7. The number of carbonyl (C=O) groups excluding carboxylic acids is 2. The Morgan fingerprint density at radius 2 is 1.85 bits per heavy atom. The Labute approximate surface area is 155 Å². The molecule has 1 saturated heterocycles. The van der Waals surface area contributed by atoms with Crippen LogP contribution in [0.15, 0.2) is 24.3 Å². The van der Waals surface area contributed by atoms with E-state index in [4.69, 9.17) is 0 Å². The van der Waals surface area contributed by atoms with Gasteiger partial charge in [0.2, 0.25) is 5.91 Å². The molecular formula is C20H30N4O2. The molecule has 0 atom stereocenters. The summed E-state index contributed by atoms with van der Waals surface area (Å²) in [5.74, 6) is 0.140. The lowest BCUT2D eigenvalue weighted by atomic mass is 10.2. The Kier molecular flexibility index (Phi) is 6.63. The number of rotatable bonds is 8. The maximum Gasteiger partial charge on any atom is 0.251 e. The lowest BCUT2D eigenvalue weighted by Gasteiger charge is -2.33. The SMILES string of the molecule is CCN1CCN(CCCNC(=O)c2cccc(NC(=O)C3CC3)c2)CC1. The standard InChI is InChI=1S/C20H30N4O2/c1-2-23-11-13-24(14-12-23)10-4-9-21-19(25)17-5-3-6-18(15-17)22-20(26)16-7-8-16/h3,5-6,15-16H,2,4,7-14H2,1H3,(H,21,25)(H,22,26). The van der Waals surface area contributed by atoms with Crippen LogP contribution >= 0.6 is 0 Å². The number of carbonyl (C=O) groups is 2. The number of nitrogens with one attached hydrogen (secondary N) is 2. The molecule has 142 valence electrons. The molecule has 2 aliphatic rings. The summed E-state index contributed by atoms with van der Waals surface area (Å²) < 4.78 is 0. The van der Waals surface area contributed by atoms with E-state index in [0.717, 1.165) is 58.5 Å². The first kappa shape index (κ1) is 18.9. The largest absolute Gasteiger partial charge is 0.352 e. The molecule has 1 aromatic carbocycles. The van der Waals surface area contributed by atoms with E-state index >= 15 is 0 Å². The topological polar surface area (TPSA) is 64.7 Å². The Morgan fingerprint density at radius 1 is 1.12 bits per heavy atom. The second-order valence-electron chi connectivity index (χ2n) is 7.23. The zero-order chi connectivity index (χ0) is 18.4. The van der Waals surface area contributed by atoms with E-state index in [9.17, 15) is 9.59 Å². The molecule has 1 saturated carbocycles. The summed E-state index contributed by atoms with van der Waals surface area (Å²) >= 11 is 0. The fraction of sp³-hybridized carbons (Fsp3) is 0.600. The first-order valence-electron chi connectivity index (χ1n) is 9.79. The van der Waals surface area contributed by atoms with Crippen molar-refractivity contribution in [2.75, 3.05) is 51.1 Å². The highest BCUT2D eigenvalue weighted by Gasteiger charge is 2.29. The van der Waals surface area contributed by atoms with Crippen molar-refractivity contribution in [3.05, 3.63) is 29.8 Å². The van der Waals surface area contributed by atoms with E-state index in [2.05, 4.69) is 27.4 Å². The first-order valence-corrected chi connectivity index (χ1v) is 9.79. The number of piperazine rings is 1. The third-order valence-electron chi connectivity index (χ3n) is 5.19. The lowest BCUT2D eigenvalue weighted by Crippen LogP contribution is -2.46. The molecule has 6 heteroatoms. The van der Waals surface area contributed by atoms with Crippen LogP contribution in [0, 0.1) is 5.92 Å². The van der Waals surface area contributed by atoms with Crippen LogP contribution in [-0.2, 0) is 4.79 Å². The van der Waals surface area contributed by atoms with Gasteiger partial charge in [0.05, 0.1) is 0 Å². The quantitative estimate of drug-likeness (QED) is 0.696. The van der Waals surface area contributed by atoms with Crippen molar-refractivity contribution >= 4 is 17.5 Å². The number of nitrogens with zero attached hydrogens (tertiary/aromatic N) is 2. The van der Waals surface area contributed by atoms with Gasteiger partial charge in [0, 0.05) is 49.9 Å². The number of benzene rings is 1. The normalized spacial score (nSPS) is 18.5. The van der Waals surface area contributed by atoms with E-state index in [1.54, 1.807) is 12.1 Å². The zero-order valence-electron chi connectivity index (χ0n) is 15.7. The third kappa shape index (κ3) is 5.54. The molecule has 2 N–H and O–H groups in total. The molecule has 1 aliphatic heterocycles. The second-order valence-corrected chi connectivity index (χ2v) is 7.23. The summed E-state index contributed by atoms with van der Waals surface area (Å²) in [6.07, 6.45) is 2.90. The van der Waals surface area contributed by atoms with Crippen molar-refractivity contribution in [2.24, 2.45) is 5.92 Å². The van der Waals surface area contributed by atoms with Crippen molar-refractivity contribution < 1.29 is 9.59 Å². The Hall–Kier alpha value is -1.92. The predicted molar refractivity (Wildman–Crippen MR) is 103 cm³/mol. The van der Waals surface area contributed by atoms with Gasteiger partial charge in [0.15, 0.2) is 0 Å². The van der Waals surface area contributed by atoms with Crippen LogP contribution in [-0.4, -0.2) is 67.4 Å². The van der Waals surface area contributed by atoms with Gasteiger partial charge in [-0.15, -0.1) is 0 Å². The van der Waals surface area contributed by atoms with Crippen LogP contribution in [0.4, 0.5) is 5.69 Å². The van der Waals surface area contributed by atoms with Gasteiger partial charge in [-0.05, 0) is 50.6 Å². The molecule has 1 heterocycles. The van der Waals surface area contributed by atoms with E-state index in [1.807, 2.05) is 12.1 Å². The highest BCUT2D eigenvalue weighted by atomic mass is 16.2. The zero-order valence-corrected chi connectivity index (χ0v) is 15.7. The minimum atomic E-state index is -0.0803. The fourth-order valence-electron chi connectivity index (χ4n) is 3.26. The molecule has 0 unspecified atom stereocenters. The molecule has 0 radical (unpaired) electrons. The van der Waals surface area contributed by atoms with Crippen LogP contribution in [0.25, 0.3) is 0 Å². The van der Waals surface area contributed by atoms with Gasteiger partial charge < -0.3 is 20.4 Å². The van der Waals surface area contributed by atoms with E-state index in [-0.39, 0.29) is 17.7 Å². The molecular weight excluding hydrogens is 328 g/mol.